The van der Waals surface area contributed by atoms with Crippen LogP contribution >= 0.6 is 0 Å². The molecule has 1 aliphatic carbocycles. The number of aryl methyl sites for hydroxylation is 1. The summed E-state index contributed by atoms with van der Waals surface area (Å²) >= 11 is 0. The predicted molar refractivity (Wildman–Crippen MR) is 135 cm³/mol. The summed E-state index contributed by atoms with van der Waals surface area (Å²) in [7, 11) is 0. The van der Waals surface area contributed by atoms with Crippen LogP contribution in [0, 0.1) is 12.7 Å². The second-order valence-corrected chi connectivity index (χ2v) is 10.2. The number of aromatic nitrogens is 3. The first-order chi connectivity index (χ1) is 17.9. The van der Waals surface area contributed by atoms with Gasteiger partial charge in [0.25, 0.3) is 5.91 Å². The van der Waals surface area contributed by atoms with Gasteiger partial charge in [-0.05, 0) is 49.9 Å². The molecule has 0 bridgehead atoms. The number of carbonyl (C=O) groups is 1. The van der Waals surface area contributed by atoms with Gasteiger partial charge in [0.05, 0.1) is 48.4 Å². The zero-order chi connectivity index (χ0) is 25.5. The van der Waals surface area contributed by atoms with Crippen molar-refractivity contribution in [2.45, 2.75) is 50.5 Å². The Morgan fingerprint density at radius 2 is 1.95 bits per heavy atom. The van der Waals surface area contributed by atoms with Crippen molar-refractivity contribution in [3.63, 3.8) is 0 Å². The average molecular weight is 509 g/mol. The van der Waals surface area contributed by atoms with E-state index in [0.717, 1.165) is 36.2 Å². The molecule has 6 rings (SSSR count). The van der Waals surface area contributed by atoms with E-state index in [-0.39, 0.29) is 17.6 Å². The van der Waals surface area contributed by atoms with Gasteiger partial charge < -0.3 is 15.4 Å². The van der Waals surface area contributed by atoms with E-state index in [2.05, 4.69) is 25.6 Å². The molecule has 37 heavy (non-hydrogen) atoms. The quantitative estimate of drug-likeness (QED) is 0.508. The van der Waals surface area contributed by atoms with E-state index in [0.29, 0.717) is 43.5 Å². The Kier molecular flexibility index (Phi) is 6.37. The third kappa shape index (κ3) is 5.08. The Bertz CT molecular complexity index is 1310. The van der Waals surface area contributed by atoms with Crippen LogP contribution in [0.5, 0.6) is 0 Å². The first-order valence-corrected chi connectivity index (χ1v) is 12.8. The van der Waals surface area contributed by atoms with Crippen molar-refractivity contribution in [1.82, 2.24) is 25.0 Å². The van der Waals surface area contributed by atoms with Gasteiger partial charge >= 0.3 is 0 Å². The number of benzene rings is 1. The van der Waals surface area contributed by atoms with Gasteiger partial charge in [-0.3, -0.25) is 14.7 Å². The number of pyridine rings is 1. The molecule has 1 saturated carbocycles. The molecule has 1 amide bonds. The first-order valence-electron chi connectivity index (χ1n) is 12.8. The normalized spacial score (nSPS) is 22.5. The van der Waals surface area contributed by atoms with Crippen LogP contribution in [-0.4, -0.2) is 76.2 Å². The molecule has 0 radical (unpaired) electrons. The number of piperidine rings is 1. The minimum Gasteiger partial charge on any atom is -0.378 e. The predicted octanol–water partition coefficient (Wildman–Crippen LogP) is 3.50. The van der Waals surface area contributed by atoms with Crippen molar-refractivity contribution in [2.75, 3.05) is 31.6 Å². The van der Waals surface area contributed by atoms with E-state index >= 15 is 0 Å². The van der Waals surface area contributed by atoms with Crippen LogP contribution in [0.1, 0.15) is 35.2 Å². The smallest absolute Gasteiger partial charge is 0.254 e. The summed E-state index contributed by atoms with van der Waals surface area (Å²) in [5, 5.41) is 10.6. The van der Waals surface area contributed by atoms with Crippen LogP contribution in [0.3, 0.4) is 0 Å². The van der Waals surface area contributed by atoms with Crippen molar-refractivity contribution < 1.29 is 18.3 Å². The van der Waals surface area contributed by atoms with Gasteiger partial charge in [-0.15, -0.1) is 0 Å². The van der Waals surface area contributed by atoms with Crippen molar-refractivity contribution in [3.8, 4) is 16.8 Å². The number of hydrogen-bond donors (Lipinski definition) is 2. The SMILES string of the molecule is Cc1cc(F)c(C(=O)NC2CC2)cc1-n1cc(-c2cncc(N[C@H]3CCN(C4COC4)C[C@H]3F)c2)cn1. The molecule has 3 aromatic rings. The first kappa shape index (κ1) is 24.0. The molecule has 2 aromatic heterocycles. The standard InChI is InChI=1S/C27H30F2N6O2/c1-16-6-23(28)22(27(36)33-19-2-3-19)8-26(16)35-12-18(10-31-35)17-7-20(11-30-9-17)32-25-4-5-34(13-24(25)29)21-14-37-15-21/h6-12,19,21,24-25,32H,2-5,13-15H2,1H3,(H,33,36)/t24-,25+/m1/s1. The summed E-state index contributed by atoms with van der Waals surface area (Å²) in [6.07, 6.45) is 8.53. The number of likely N-dealkylation sites (tertiary alicyclic amines) is 1. The van der Waals surface area contributed by atoms with E-state index in [9.17, 15) is 13.6 Å². The summed E-state index contributed by atoms with van der Waals surface area (Å²) in [6, 6.07) is 5.03. The monoisotopic (exact) mass is 508 g/mol. The van der Waals surface area contributed by atoms with Crippen molar-refractivity contribution in [3.05, 3.63) is 59.9 Å². The van der Waals surface area contributed by atoms with Gasteiger partial charge in [0, 0.05) is 48.8 Å². The number of nitrogens with one attached hydrogen (secondary N) is 2. The van der Waals surface area contributed by atoms with Crippen molar-refractivity contribution in [2.24, 2.45) is 0 Å². The molecule has 2 aliphatic heterocycles. The lowest BCUT2D eigenvalue weighted by Gasteiger charge is -2.43. The fraction of sp³-hybridized carbons (Fsp3) is 0.444. The average Bonchev–Trinajstić information content (AvgIpc) is 3.52. The number of amides is 1. The molecular weight excluding hydrogens is 478 g/mol. The van der Waals surface area contributed by atoms with E-state index in [1.807, 2.05) is 12.3 Å². The lowest BCUT2D eigenvalue weighted by Crippen LogP contribution is -2.57. The maximum absolute atomic E-state index is 14.9. The van der Waals surface area contributed by atoms with Gasteiger partial charge in [-0.1, -0.05) is 0 Å². The molecule has 0 unspecified atom stereocenters. The molecule has 0 spiro atoms. The molecule has 194 valence electrons. The second-order valence-electron chi connectivity index (χ2n) is 10.2. The molecule has 2 N–H and O–H groups in total. The van der Waals surface area contributed by atoms with Crippen molar-refractivity contribution >= 4 is 11.6 Å². The number of halogens is 2. The highest BCUT2D eigenvalue weighted by molar-refractivity contribution is 5.95. The highest BCUT2D eigenvalue weighted by Gasteiger charge is 2.35. The van der Waals surface area contributed by atoms with Crippen LogP contribution in [0.25, 0.3) is 16.8 Å². The number of nitrogens with zero attached hydrogens (tertiary/aromatic N) is 4. The Labute approximate surface area is 214 Å². The topological polar surface area (TPSA) is 84.3 Å². The maximum Gasteiger partial charge on any atom is 0.254 e. The van der Waals surface area contributed by atoms with E-state index in [4.69, 9.17) is 4.74 Å². The van der Waals surface area contributed by atoms with Crippen LogP contribution in [0.2, 0.25) is 0 Å². The molecule has 8 nitrogen and oxygen atoms in total. The number of rotatable bonds is 7. The minimum atomic E-state index is -0.978. The zero-order valence-electron chi connectivity index (χ0n) is 20.7. The number of anilines is 1. The molecule has 2 atom stereocenters. The van der Waals surface area contributed by atoms with Gasteiger partial charge in [-0.2, -0.15) is 5.10 Å². The third-order valence-corrected chi connectivity index (χ3v) is 7.41. The fourth-order valence-corrected chi connectivity index (χ4v) is 4.92. The summed E-state index contributed by atoms with van der Waals surface area (Å²) in [5.41, 5.74) is 3.67. The van der Waals surface area contributed by atoms with Gasteiger partial charge in [0.1, 0.15) is 12.0 Å². The third-order valence-electron chi connectivity index (χ3n) is 7.41. The highest BCUT2D eigenvalue weighted by atomic mass is 19.1. The Balaban J connectivity index is 1.17. The molecule has 4 heterocycles. The summed E-state index contributed by atoms with van der Waals surface area (Å²) < 4.78 is 36.3. The van der Waals surface area contributed by atoms with Gasteiger partial charge in [-0.25, -0.2) is 13.5 Å². The minimum absolute atomic E-state index is 0.00840. The van der Waals surface area contributed by atoms with E-state index in [1.165, 1.54) is 6.07 Å². The maximum atomic E-state index is 14.9. The Morgan fingerprint density at radius 1 is 1.11 bits per heavy atom. The van der Waals surface area contributed by atoms with Crippen LogP contribution < -0.4 is 10.6 Å². The molecule has 3 fully saturated rings. The molecule has 1 aromatic carbocycles. The molecular formula is C27H30F2N6O2. The van der Waals surface area contributed by atoms with Gasteiger partial charge in [0.2, 0.25) is 0 Å². The number of hydrogen-bond acceptors (Lipinski definition) is 6. The van der Waals surface area contributed by atoms with E-state index in [1.54, 1.807) is 36.3 Å². The lowest BCUT2D eigenvalue weighted by molar-refractivity contribution is -0.0794. The van der Waals surface area contributed by atoms with Gasteiger partial charge in [0.15, 0.2) is 0 Å². The largest absolute Gasteiger partial charge is 0.378 e. The highest BCUT2D eigenvalue weighted by Crippen LogP contribution is 2.27. The molecule has 10 heteroatoms. The summed E-state index contributed by atoms with van der Waals surface area (Å²) in [4.78, 5) is 19.0. The Morgan fingerprint density at radius 3 is 2.68 bits per heavy atom. The van der Waals surface area contributed by atoms with E-state index < -0.39 is 17.9 Å². The lowest BCUT2D eigenvalue weighted by atomic mass is 10.00. The van der Waals surface area contributed by atoms with Crippen molar-refractivity contribution in [1.29, 1.82) is 0 Å². The fourth-order valence-electron chi connectivity index (χ4n) is 4.92. The zero-order valence-corrected chi connectivity index (χ0v) is 20.7. The van der Waals surface area contributed by atoms with Crippen LogP contribution in [0.4, 0.5) is 14.5 Å². The number of carbonyl (C=O) groups excluding carboxylic acids is 1. The summed E-state index contributed by atoms with van der Waals surface area (Å²) in [6.45, 7) is 4.41. The van der Waals surface area contributed by atoms with Crippen LogP contribution in [-0.2, 0) is 4.74 Å². The summed E-state index contributed by atoms with van der Waals surface area (Å²) in [5.74, 6) is -0.956. The number of alkyl halides is 1. The molecule has 3 aliphatic rings. The Hall–Kier alpha value is -3.37. The van der Waals surface area contributed by atoms with Crippen LogP contribution in [0.15, 0.2) is 43.0 Å². The number of ether oxygens (including phenoxy) is 1. The second kappa shape index (κ2) is 9.83. The molecule has 2 saturated heterocycles.